The van der Waals surface area contributed by atoms with E-state index in [0.717, 1.165) is 39.6 Å². The number of hydrogen-bond donors (Lipinski definition) is 0. The molecule has 3 heteroatoms. The van der Waals surface area contributed by atoms with Crippen LogP contribution < -0.4 is 0 Å². The predicted molar refractivity (Wildman–Crippen MR) is 155 cm³/mol. The zero-order valence-corrected chi connectivity index (χ0v) is 22.7. The first-order valence-electron chi connectivity index (χ1n) is 12.9. The minimum atomic E-state index is -0.000953. The van der Waals surface area contributed by atoms with Crippen LogP contribution in [-0.4, -0.2) is 14.8 Å². The normalized spacial score (nSPS) is 12.1. The van der Waals surface area contributed by atoms with Crippen LogP contribution >= 0.6 is 0 Å². The van der Waals surface area contributed by atoms with Gasteiger partial charge in [-0.3, -0.25) is 4.57 Å². The highest BCUT2D eigenvalue weighted by molar-refractivity contribution is 5.82. The highest BCUT2D eigenvalue weighted by Gasteiger charge is 2.25. The molecule has 0 aliphatic heterocycles. The van der Waals surface area contributed by atoms with E-state index in [1.165, 1.54) is 11.1 Å². The summed E-state index contributed by atoms with van der Waals surface area (Å²) in [5.41, 5.74) is 8.07. The summed E-state index contributed by atoms with van der Waals surface area (Å²) < 4.78 is 2.24. The Hall–Kier alpha value is -3.98. The third-order valence-electron chi connectivity index (χ3n) is 6.86. The van der Waals surface area contributed by atoms with E-state index in [-0.39, 0.29) is 10.8 Å². The van der Waals surface area contributed by atoms with Crippen LogP contribution in [0, 0.1) is 0 Å². The zero-order chi connectivity index (χ0) is 26.2. The average Bonchev–Trinajstić information content (AvgIpc) is 3.34. The van der Waals surface area contributed by atoms with Gasteiger partial charge in [0, 0.05) is 16.8 Å². The van der Waals surface area contributed by atoms with Crippen molar-refractivity contribution in [1.29, 1.82) is 0 Å². The van der Waals surface area contributed by atoms with Crippen molar-refractivity contribution in [2.45, 2.75) is 52.4 Å². The fourth-order valence-electron chi connectivity index (χ4n) is 4.63. The van der Waals surface area contributed by atoms with Gasteiger partial charge in [0.2, 0.25) is 0 Å². The van der Waals surface area contributed by atoms with Gasteiger partial charge in [-0.15, -0.1) is 10.2 Å². The van der Waals surface area contributed by atoms with Crippen LogP contribution in [0.5, 0.6) is 0 Å². The molecule has 0 aliphatic carbocycles. The van der Waals surface area contributed by atoms with Gasteiger partial charge in [0.15, 0.2) is 11.6 Å². The molecule has 4 aromatic carbocycles. The summed E-state index contributed by atoms with van der Waals surface area (Å²) in [5.74, 6) is 1.67. The summed E-state index contributed by atoms with van der Waals surface area (Å²) in [7, 11) is 0. The molecule has 0 aliphatic rings. The van der Waals surface area contributed by atoms with E-state index >= 15 is 0 Å². The van der Waals surface area contributed by atoms with Gasteiger partial charge in [-0.05, 0) is 45.2 Å². The minimum absolute atomic E-state index is 0.000953. The topological polar surface area (TPSA) is 30.7 Å². The lowest BCUT2D eigenvalue weighted by Gasteiger charge is -2.27. The maximum Gasteiger partial charge on any atom is 0.169 e. The molecule has 1 aromatic heterocycles. The van der Waals surface area contributed by atoms with E-state index in [1.807, 2.05) is 12.1 Å². The summed E-state index contributed by atoms with van der Waals surface area (Å²) >= 11 is 0. The molecule has 0 atom stereocenters. The first-order chi connectivity index (χ1) is 17.6. The minimum Gasteiger partial charge on any atom is -0.275 e. The molecule has 0 saturated carbocycles. The van der Waals surface area contributed by atoms with Gasteiger partial charge in [0.25, 0.3) is 0 Å². The summed E-state index contributed by atoms with van der Waals surface area (Å²) in [5, 5.41) is 9.59. The second-order valence-electron chi connectivity index (χ2n) is 11.7. The summed E-state index contributed by atoms with van der Waals surface area (Å²) in [6, 6.07) is 36.3. The van der Waals surface area contributed by atoms with E-state index in [9.17, 15) is 0 Å². The quantitative estimate of drug-likeness (QED) is 0.254. The molecule has 0 saturated heterocycles. The smallest absolute Gasteiger partial charge is 0.169 e. The largest absolute Gasteiger partial charge is 0.275 e. The Kier molecular flexibility index (Phi) is 6.33. The molecule has 0 fully saturated rings. The van der Waals surface area contributed by atoms with Gasteiger partial charge in [0.1, 0.15) is 0 Å². The number of aromatic nitrogens is 3. The van der Waals surface area contributed by atoms with Crippen LogP contribution in [-0.2, 0) is 10.8 Å². The molecular formula is C34H35N3. The molecule has 186 valence electrons. The van der Waals surface area contributed by atoms with Gasteiger partial charge in [-0.2, -0.15) is 0 Å². The third kappa shape index (κ3) is 4.99. The van der Waals surface area contributed by atoms with Gasteiger partial charge in [0.05, 0.1) is 0 Å². The lowest BCUT2D eigenvalue weighted by molar-refractivity contribution is 0.568. The summed E-state index contributed by atoms with van der Waals surface area (Å²) in [6.45, 7) is 13.6. The first-order valence-corrected chi connectivity index (χ1v) is 12.9. The maximum atomic E-state index is 4.82. The molecule has 3 nitrogen and oxygen atoms in total. The number of nitrogens with zero attached hydrogens (tertiary/aromatic N) is 3. The number of rotatable bonds is 4. The van der Waals surface area contributed by atoms with Crippen LogP contribution in [0.15, 0.2) is 103 Å². The van der Waals surface area contributed by atoms with Crippen molar-refractivity contribution >= 4 is 0 Å². The van der Waals surface area contributed by atoms with Crippen molar-refractivity contribution in [1.82, 2.24) is 14.8 Å². The first kappa shape index (κ1) is 24.7. The molecular weight excluding hydrogens is 450 g/mol. The Morgan fingerprint density at radius 2 is 0.946 bits per heavy atom. The maximum absolute atomic E-state index is 4.82. The van der Waals surface area contributed by atoms with Crippen molar-refractivity contribution in [2.24, 2.45) is 0 Å². The van der Waals surface area contributed by atoms with E-state index in [0.29, 0.717) is 0 Å². The standard InChI is InChI=1S/C34H35N3/c1-33(2,3)26-21-27(34(4,5)6)23-28(22-26)37-31(25-17-11-8-12-18-25)35-36-32(37)30-20-14-13-19-29(30)24-15-9-7-10-16-24/h7-23H,1-6H3. The highest BCUT2D eigenvalue weighted by Crippen LogP contribution is 2.37. The summed E-state index contributed by atoms with van der Waals surface area (Å²) in [6.07, 6.45) is 0. The van der Waals surface area contributed by atoms with Gasteiger partial charge in [-0.25, -0.2) is 0 Å². The lowest BCUT2D eigenvalue weighted by Crippen LogP contribution is -2.17. The van der Waals surface area contributed by atoms with Crippen LogP contribution in [0.4, 0.5) is 0 Å². The van der Waals surface area contributed by atoms with Gasteiger partial charge >= 0.3 is 0 Å². The molecule has 1 heterocycles. The Balaban J connectivity index is 1.84. The second-order valence-corrected chi connectivity index (χ2v) is 11.7. The van der Waals surface area contributed by atoms with E-state index in [1.54, 1.807) is 0 Å². The molecule has 37 heavy (non-hydrogen) atoms. The monoisotopic (exact) mass is 485 g/mol. The van der Waals surface area contributed by atoms with Gasteiger partial charge < -0.3 is 0 Å². The molecule has 0 amide bonds. The number of hydrogen-bond acceptors (Lipinski definition) is 2. The lowest BCUT2D eigenvalue weighted by atomic mass is 9.80. The predicted octanol–water partition coefficient (Wildman–Crippen LogP) is 8.86. The third-order valence-corrected chi connectivity index (χ3v) is 6.86. The van der Waals surface area contributed by atoms with Crippen molar-refractivity contribution in [3.05, 3.63) is 114 Å². The Bertz CT molecular complexity index is 1480. The Morgan fingerprint density at radius 1 is 0.486 bits per heavy atom. The molecule has 0 bridgehead atoms. The van der Waals surface area contributed by atoms with Crippen molar-refractivity contribution in [3.63, 3.8) is 0 Å². The summed E-state index contributed by atoms with van der Waals surface area (Å²) in [4.78, 5) is 0. The van der Waals surface area contributed by atoms with Crippen LogP contribution in [0.1, 0.15) is 52.7 Å². The Morgan fingerprint density at radius 3 is 1.49 bits per heavy atom. The fourth-order valence-corrected chi connectivity index (χ4v) is 4.63. The zero-order valence-electron chi connectivity index (χ0n) is 22.7. The van der Waals surface area contributed by atoms with Crippen LogP contribution in [0.2, 0.25) is 0 Å². The fraction of sp³-hybridized carbons (Fsp3) is 0.235. The average molecular weight is 486 g/mol. The van der Waals surface area contributed by atoms with Gasteiger partial charge in [-0.1, -0.05) is 133 Å². The molecule has 0 radical (unpaired) electrons. The molecule has 5 rings (SSSR count). The second kappa shape index (κ2) is 9.48. The molecule has 0 spiro atoms. The van der Waals surface area contributed by atoms with Crippen molar-refractivity contribution in [3.8, 4) is 39.6 Å². The Labute approximate surface area is 220 Å². The SMILES string of the molecule is CC(C)(C)c1cc(-n2c(-c3ccccc3)nnc2-c2ccccc2-c2ccccc2)cc(C(C)(C)C)c1. The van der Waals surface area contributed by atoms with E-state index in [4.69, 9.17) is 10.2 Å². The molecule has 0 N–H and O–H groups in total. The van der Waals surface area contributed by atoms with E-state index < -0.39 is 0 Å². The van der Waals surface area contributed by atoms with Crippen LogP contribution in [0.3, 0.4) is 0 Å². The molecule has 0 unspecified atom stereocenters. The van der Waals surface area contributed by atoms with Crippen molar-refractivity contribution in [2.75, 3.05) is 0 Å². The highest BCUT2D eigenvalue weighted by atomic mass is 15.3. The van der Waals surface area contributed by atoms with Crippen molar-refractivity contribution < 1.29 is 0 Å². The van der Waals surface area contributed by atoms with Crippen LogP contribution in [0.25, 0.3) is 39.6 Å². The van der Waals surface area contributed by atoms with E-state index in [2.05, 4.69) is 137 Å². The number of benzene rings is 4. The molecule has 5 aromatic rings.